The first-order chi connectivity index (χ1) is 12.4. The molecule has 0 saturated heterocycles. The minimum absolute atomic E-state index is 0.409. The molecule has 0 unspecified atom stereocenters. The molecule has 0 fully saturated rings. The summed E-state index contributed by atoms with van der Waals surface area (Å²) in [5.74, 6) is -0.181. The molecule has 0 saturated carbocycles. The summed E-state index contributed by atoms with van der Waals surface area (Å²) in [4.78, 5) is 15.3. The second-order valence-corrected chi connectivity index (χ2v) is 6.49. The molecule has 5 nitrogen and oxygen atoms in total. The van der Waals surface area contributed by atoms with Gasteiger partial charge in [-0.05, 0) is 54.8 Å². The van der Waals surface area contributed by atoms with E-state index in [0.717, 1.165) is 26.9 Å². The molecule has 0 aliphatic carbocycles. The molecule has 2 aromatic carbocycles. The Morgan fingerprint density at radius 2 is 2.12 bits per heavy atom. The molecular weight excluding hydrogens is 398 g/mol. The zero-order valence-electron chi connectivity index (χ0n) is 14.7. The zero-order valence-corrected chi connectivity index (χ0v) is 16.2. The SMILES string of the molecule is C=CCc1cc(C=Nc2ccc(Br)cc2C)cc(OC)c1OCC(=O)O. The predicted octanol–water partition coefficient (Wildman–Crippen LogP) is 4.71. The molecule has 0 amide bonds. The van der Waals surface area contributed by atoms with E-state index in [9.17, 15) is 4.79 Å². The second kappa shape index (κ2) is 9.20. The van der Waals surface area contributed by atoms with Crippen molar-refractivity contribution in [2.75, 3.05) is 13.7 Å². The average Bonchev–Trinajstić information content (AvgIpc) is 2.59. The number of hydrogen-bond donors (Lipinski definition) is 1. The third kappa shape index (κ3) is 5.20. The fraction of sp³-hybridized carbons (Fsp3) is 0.200. The van der Waals surface area contributed by atoms with Gasteiger partial charge in [-0.15, -0.1) is 6.58 Å². The molecule has 0 aliphatic heterocycles. The lowest BCUT2D eigenvalue weighted by Gasteiger charge is -2.14. The Hall–Kier alpha value is -2.60. The number of carboxylic acids is 1. The minimum Gasteiger partial charge on any atom is -0.493 e. The molecule has 1 N–H and O–H groups in total. The Bertz CT molecular complexity index is 846. The van der Waals surface area contributed by atoms with Crippen molar-refractivity contribution in [3.63, 3.8) is 0 Å². The minimum atomic E-state index is -1.05. The molecule has 26 heavy (non-hydrogen) atoms. The molecule has 2 aromatic rings. The van der Waals surface area contributed by atoms with Crippen LogP contribution < -0.4 is 9.47 Å². The molecule has 0 heterocycles. The van der Waals surface area contributed by atoms with E-state index >= 15 is 0 Å². The van der Waals surface area contributed by atoms with Gasteiger partial charge in [-0.25, -0.2) is 4.79 Å². The van der Waals surface area contributed by atoms with Gasteiger partial charge in [0, 0.05) is 16.3 Å². The maximum atomic E-state index is 10.8. The summed E-state index contributed by atoms with van der Waals surface area (Å²) in [6, 6.07) is 9.52. The van der Waals surface area contributed by atoms with E-state index in [1.807, 2.05) is 31.2 Å². The van der Waals surface area contributed by atoms with Gasteiger partial charge in [0.15, 0.2) is 18.1 Å². The van der Waals surface area contributed by atoms with E-state index < -0.39 is 12.6 Å². The molecule has 0 aromatic heterocycles. The van der Waals surface area contributed by atoms with Crippen molar-refractivity contribution in [3.8, 4) is 11.5 Å². The third-order valence-electron chi connectivity index (χ3n) is 3.59. The number of methoxy groups -OCH3 is 1. The number of benzene rings is 2. The lowest BCUT2D eigenvalue weighted by molar-refractivity contribution is -0.139. The number of aryl methyl sites for hydroxylation is 1. The van der Waals surface area contributed by atoms with Crippen LogP contribution in [-0.2, 0) is 11.2 Å². The Labute approximate surface area is 161 Å². The van der Waals surface area contributed by atoms with E-state index in [2.05, 4.69) is 27.5 Å². The monoisotopic (exact) mass is 417 g/mol. The van der Waals surface area contributed by atoms with E-state index in [1.165, 1.54) is 7.11 Å². The van der Waals surface area contributed by atoms with Gasteiger partial charge < -0.3 is 14.6 Å². The van der Waals surface area contributed by atoms with Crippen LogP contribution in [0.1, 0.15) is 16.7 Å². The van der Waals surface area contributed by atoms with Gasteiger partial charge in [-0.2, -0.15) is 0 Å². The number of nitrogens with zero attached hydrogens (tertiary/aromatic N) is 1. The first kappa shape index (κ1) is 19.7. The van der Waals surface area contributed by atoms with E-state index in [-0.39, 0.29) is 0 Å². The topological polar surface area (TPSA) is 68.1 Å². The molecule has 0 radical (unpaired) electrons. The van der Waals surface area contributed by atoms with Crippen LogP contribution in [0, 0.1) is 6.92 Å². The Morgan fingerprint density at radius 3 is 2.73 bits per heavy atom. The largest absolute Gasteiger partial charge is 0.493 e. The molecule has 0 atom stereocenters. The Kier molecular flexibility index (Phi) is 6.97. The lowest BCUT2D eigenvalue weighted by Crippen LogP contribution is -2.11. The van der Waals surface area contributed by atoms with Crippen LogP contribution in [0.2, 0.25) is 0 Å². The van der Waals surface area contributed by atoms with Crippen LogP contribution in [0.4, 0.5) is 5.69 Å². The number of aliphatic imine (C=N–C) groups is 1. The first-order valence-electron chi connectivity index (χ1n) is 7.91. The molecule has 2 rings (SSSR count). The number of carboxylic acid groups (broad SMARTS) is 1. The Morgan fingerprint density at radius 1 is 1.35 bits per heavy atom. The summed E-state index contributed by atoms with van der Waals surface area (Å²) in [6.07, 6.45) is 3.98. The van der Waals surface area contributed by atoms with Gasteiger partial charge in [-0.1, -0.05) is 22.0 Å². The quantitative estimate of drug-likeness (QED) is 0.498. The molecular formula is C20H20BrNO4. The number of hydrogen-bond acceptors (Lipinski definition) is 4. The van der Waals surface area contributed by atoms with Crippen molar-refractivity contribution < 1.29 is 19.4 Å². The van der Waals surface area contributed by atoms with Gasteiger partial charge in [0.1, 0.15) is 0 Å². The number of rotatable bonds is 8. The highest BCUT2D eigenvalue weighted by atomic mass is 79.9. The van der Waals surface area contributed by atoms with E-state index in [0.29, 0.717) is 17.9 Å². The van der Waals surface area contributed by atoms with Crippen molar-refractivity contribution in [1.82, 2.24) is 0 Å². The highest BCUT2D eigenvalue weighted by molar-refractivity contribution is 9.10. The predicted molar refractivity (Wildman–Crippen MR) is 106 cm³/mol. The smallest absolute Gasteiger partial charge is 0.341 e. The van der Waals surface area contributed by atoms with Gasteiger partial charge in [0.25, 0.3) is 0 Å². The van der Waals surface area contributed by atoms with Crippen molar-refractivity contribution in [1.29, 1.82) is 0 Å². The summed E-state index contributed by atoms with van der Waals surface area (Å²) in [5, 5.41) is 8.86. The number of halogens is 1. The van der Waals surface area contributed by atoms with Gasteiger partial charge in [0.2, 0.25) is 0 Å². The van der Waals surface area contributed by atoms with Crippen LogP contribution in [0.25, 0.3) is 0 Å². The number of ether oxygens (including phenoxy) is 2. The van der Waals surface area contributed by atoms with Gasteiger partial charge in [-0.3, -0.25) is 4.99 Å². The summed E-state index contributed by atoms with van der Waals surface area (Å²) >= 11 is 3.44. The average molecular weight is 418 g/mol. The molecule has 0 aliphatic rings. The maximum absolute atomic E-state index is 10.8. The fourth-order valence-electron chi connectivity index (χ4n) is 2.42. The van der Waals surface area contributed by atoms with Crippen molar-refractivity contribution >= 4 is 33.8 Å². The number of aliphatic carboxylic acids is 1. The standard InChI is InChI=1S/C20H20BrNO4/c1-4-5-15-9-14(10-18(25-3)20(15)26-12-19(23)24)11-22-17-7-6-16(21)8-13(17)2/h4,6-11H,1,5,12H2,2-3H3,(H,23,24). The second-order valence-electron chi connectivity index (χ2n) is 5.58. The Balaban J connectivity index is 2.39. The van der Waals surface area contributed by atoms with Crippen molar-refractivity contribution in [2.24, 2.45) is 4.99 Å². The zero-order chi connectivity index (χ0) is 19.1. The summed E-state index contributed by atoms with van der Waals surface area (Å²) in [6.45, 7) is 5.29. The normalized spacial score (nSPS) is 10.7. The van der Waals surface area contributed by atoms with E-state index in [1.54, 1.807) is 18.4 Å². The number of allylic oxidation sites excluding steroid dienone is 1. The van der Waals surface area contributed by atoms with Crippen LogP contribution in [0.15, 0.2) is 52.5 Å². The molecule has 0 bridgehead atoms. The van der Waals surface area contributed by atoms with Crippen LogP contribution >= 0.6 is 15.9 Å². The van der Waals surface area contributed by atoms with Gasteiger partial charge >= 0.3 is 5.97 Å². The molecule has 136 valence electrons. The number of carbonyl (C=O) groups is 1. The first-order valence-corrected chi connectivity index (χ1v) is 8.70. The third-order valence-corrected chi connectivity index (χ3v) is 4.08. The lowest BCUT2D eigenvalue weighted by atomic mass is 10.1. The summed E-state index contributed by atoms with van der Waals surface area (Å²) < 4.78 is 11.8. The van der Waals surface area contributed by atoms with E-state index in [4.69, 9.17) is 14.6 Å². The molecule has 0 spiro atoms. The maximum Gasteiger partial charge on any atom is 0.341 e. The fourth-order valence-corrected chi connectivity index (χ4v) is 2.90. The van der Waals surface area contributed by atoms with Crippen LogP contribution in [0.5, 0.6) is 11.5 Å². The summed E-state index contributed by atoms with van der Waals surface area (Å²) in [7, 11) is 1.51. The molecule has 6 heteroatoms. The highest BCUT2D eigenvalue weighted by Gasteiger charge is 2.13. The van der Waals surface area contributed by atoms with Crippen molar-refractivity contribution in [3.05, 3.63) is 64.1 Å². The summed E-state index contributed by atoms with van der Waals surface area (Å²) in [5.41, 5.74) is 3.53. The van der Waals surface area contributed by atoms with Crippen molar-refractivity contribution in [2.45, 2.75) is 13.3 Å². The highest BCUT2D eigenvalue weighted by Crippen LogP contribution is 2.33. The van der Waals surface area contributed by atoms with Gasteiger partial charge in [0.05, 0.1) is 12.8 Å². The van der Waals surface area contributed by atoms with Crippen LogP contribution in [0.3, 0.4) is 0 Å². The van der Waals surface area contributed by atoms with Crippen LogP contribution in [-0.4, -0.2) is 31.0 Å².